The molecule has 0 saturated heterocycles. The molecule has 106 valence electrons. The molecule has 1 heterocycles. The predicted molar refractivity (Wildman–Crippen MR) is 81.5 cm³/mol. The van der Waals surface area contributed by atoms with Gasteiger partial charge in [-0.05, 0) is 43.5 Å². The van der Waals surface area contributed by atoms with E-state index in [2.05, 4.69) is 30.0 Å². The van der Waals surface area contributed by atoms with Gasteiger partial charge in [-0.15, -0.1) is 0 Å². The molecule has 0 radical (unpaired) electrons. The van der Waals surface area contributed by atoms with E-state index in [9.17, 15) is 4.39 Å². The number of para-hydroxylation sites is 1. The minimum Gasteiger partial charge on any atom is -0.364 e. The second kappa shape index (κ2) is 5.57. The zero-order valence-electron chi connectivity index (χ0n) is 12.0. The minimum absolute atomic E-state index is 0.302. The number of benzene rings is 2. The monoisotopic (exact) mass is 280 g/mol. The van der Waals surface area contributed by atoms with Crippen LogP contribution < -0.4 is 4.90 Å². The fraction of sp³-hybridized carbons (Fsp3) is 0.278. The molecular formula is C18H17FN2. The third-order valence-electron chi connectivity index (χ3n) is 4.19. The molecule has 0 aromatic heterocycles. The highest BCUT2D eigenvalue weighted by molar-refractivity contribution is 5.56. The molecule has 0 aliphatic carbocycles. The zero-order chi connectivity index (χ0) is 14.8. The second-order valence-electron chi connectivity index (χ2n) is 5.56. The van der Waals surface area contributed by atoms with E-state index in [1.807, 2.05) is 12.1 Å². The van der Waals surface area contributed by atoms with Gasteiger partial charge in [0.15, 0.2) is 0 Å². The largest absolute Gasteiger partial charge is 0.364 e. The van der Waals surface area contributed by atoms with Crippen LogP contribution in [0.4, 0.5) is 10.1 Å². The van der Waals surface area contributed by atoms with E-state index in [0.29, 0.717) is 23.7 Å². The Bertz CT molecular complexity index is 703. The Hall–Kier alpha value is -2.34. The quantitative estimate of drug-likeness (QED) is 0.830. The molecule has 1 aliphatic rings. The summed E-state index contributed by atoms with van der Waals surface area (Å²) < 4.78 is 14.1. The summed E-state index contributed by atoms with van der Waals surface area (Å²) in [5.41, 5.74) is 3.52. The van der Waals surface area contributed by atoms with Gasteiger partial charge >= 0.3 is 0 Å². The highest BCUT2D eigenvalue weighted by Gasteiger charge is 2.23. The lowest BCUT2D eigenvalue weighted by atomic mass is 9.96. The maximum atomic E-state index is 14.1. The van der Waals surface area contributed by atoms with Crippen LogP contribution in [0.25, 0.3) is 0 Å². The van der Waals surface area contributed by atoms with Crippen molar-refractivity contribution in [1.82, 2.24) is 0 Å². The molecular weight excluding hydrogens is 263 g/mol. The summed E-state index contributed by atoms with van der Waals surface area (Å²) in [4.78, 5) is 2.25. The summed E-state index contributed by atoms with van der Waals surface area (Å²) in [6.45, 7) is 2.72. The first kappa shape index (κ1) is 13.6. The van der Waals surface area contributed by atoms with Crippen molar-refractivity contribution in [3.8, 4) is 6.07 Å². The molecule has 0 saturated carbocycles. The van der Waals surface area contributed by atoms with Crippen LogP contribution in [0.5, 0.6) is 0 Å². The normalized spacial score (nSPS) is 17.2. The van der Waals surface area contributed by atoms with Crippen molar-refractivity contribution in [2.24, 2.45) is 0 Å². The molecule has 3 heteroatoms. The molecule has 0 bridgehead atoms. The lowest BCUT2D eigenvalue weighted by Gasteiger charge is -2.37. The van der Waals surface area contributed by atoms with Crippen molar-refractivity contribution < 1.29 is 4.39 Å². The molecule has 0 spiro atoms. The van der Waals surface area contributed by atoms with E-state index >= 15 is 0 Å². The van der Waals surface area contributed by atoms with Crippen LogP contribution in [-0.2, 0) is 13.0 Å². The summed E-state index contributed by atoms with van der Waals surface area (Å²) >= 11 is 0. The second-order valence-corrected chi connectivity index (χ2v) is 5.56. The lowest BCUT2D eigenvalue weighted by molar-refractivity contribution is 0.543. The first-order valence-corrected chi connectivity index (χ1v) is 7.22. The number of hydrogen-bond acceptors (Lipinski definition) is 2. The Balaban J connectivity index is 1.93. The van der Waals surface area contributed by atoms with Crippen molar-refractivity contribution in [1.29, 1.82) is 5.26 Å². The van der Waals surface area contributed by atoms with E-state index in [0.717, 1.165) is 12.8 Å². The fourth-order valence-corrected chi connectivity index (χ4v) is 2.93. The predicted octanol–water partition coefficient (Wildman–Crippen LogP) is 4.04. The third kappa shape index (κ3) is 2.62. The lowest BCUT2D eigenvalue weighted by Crippen LogP contribution is -2.36. The van der Waals surface area contributed by atoms with E-state index < -0.39 is 0 Å². The number of nitriles is 1. The van der Waals surface area contributed by atoms with Crippen LogP contribution in [0.2, 0.25) is 0 Å². The average molecular weight is 280 g/mol. The van der Waals surface area contributed by atoms with Gasteiger partial charge in [-0.2, -0.15) is 5.26 Å². The Kier molecular flexibility index (Phi) is 3.62. The molecule has 0 N–H and O–H groups in total. The van der Waals surface area contributed by atoms with Gasteiger partial charge in [0, 0.05) is 23.8 Å². The van der Waals surface area contributed by atoms with E-state index in [1.54, 1.807) is 12.1 Å². The third-order valence-corrected chi connectivity index (χ3v) is 4.19. The smallest absolute Gasteiger partial charge is 0.129 e. The van der Waals surface area contributed by atoms with Crippen LogP contribution in [0.15, 0.2) is 42.5 Å². The van der Waals surface area contributed by atoms with Gasteiger partial charge in [-0.25, -0.2) is 4.39 Å². The van der Waals surface area contributed by atoms with Gasteiger partial charge in [0.25, 0.3) is 0 Å². The van der Waals surface area contributed by atoms with Crippen LogP contribution in [0, 0.1) is 17.1 Å². The summed E-state index contributed by atoms with van der Waals surface area (Å²) in [5, 5.41) is 8.82. The number of halogens is 1. The number of aryl methyl sites for hydroxylation is 1. The standard InChI is InChI=1S/C18H17FN2/c1-13-6-8-15-4-2-3-5-18(15)21(13)12-16-9-7-14(11-20)10-17(16)19/h2-5,7,9-10,13H,6,8,12H2,1H3. The summed E-state index contributed by atoms with van der Waals surface area (Å²) in [7, 11) is 0. The zero-order valence-corrected chi connectivity index (χ0v) is 12.0. The number of fused-ring (bicyclic) bond motifs is 1. The van der Waals surface area contributed by atoms with E-state index in [4.69, 9.17) is 5.26 Å². The molecule has 1 unspecified atom stereocenters. The van der Waals surface area contributed by atoms with Gasteiger partial charge in [0.1, 0.15) is 5.82 Å². The van der Waals surface area contributed by atoms with Crippen LogP contribution in [0.1, 0.15) is 30.0 Å². The maximum Gasteiger partial charge on any atom is 0.129 e. The van der Waals surface area contributed by atoms with Crippen LogP contribution in [-0.4, -0.2) is 6.04 Å². The van der Waals surface area contributed by atoms with Crippen molar-refractivity contribution in [2.45, 2.75) is 32.4 Å². The molecule has 0 fully saturated rings. The average Bonchev–Trinajstić information content (AvgIpc) is 2.51. The molecule has 0 amide bonds. The van der Waals surface area contributed by atoms with E-state index in [-0.39, 0.29) is 5.82 Å². The highest BCUT2D eigenvalue weighted by Crippen LogP contribution is 2.32. The number of hydrogen-bond donors (Lipinski definition) is 0. The van der Waals surface area contributed by atoms with Gasteiger partial charge in [0.2, 0.25) is 0 Å². The number of nitrogens with zero attached hydrogens (tertiary/aromatic N) is 2. The van der Waals surface area contributed by atoms with Crippen molar-refractivity contribution in [2.75, 3.05) is 4.90 Å². The Labute approximate surface area is 124 Å². The van der Waals surface area contributed by atoms with Gasteiger partial charge in [-0.1, -0.05) is 24.3 Å². The number of rotatable bonds is 2. The van der Waals surface area contributed by atoms with Crippen LogP contribution in [0.3, 0.4) is 0 Å². The highest BCUT2D eigenvalue weighted by atomic mass is 19.1. The Morgan fingerprint density at radius 1 is 1.29 bits per heavy atom. The molecule has 21 heavy (non-hydrogen) atoms. The van der Waals surface area contributed by atoms with Crippen molar-refractivity contribution >= 4 is 5.69 Å². The Morgan fingerprint density at radius 3 is 2.86 bits per heavy atom. The Morgan fingerprint density at radius 2 is 2.10 bits per heavy atom. The molecule has 2 nitrogen and oxygen atoms in total. The van der Waals surface area contributed by atoms with Gasteiger partial charge in [-0.3, -0.25) is 0 Å². The van der Waals surface area contributed by atoms with Crippen molar-refractivity contribution in [3.05, 3.63) is 65.0 Å². The fourth-order valence-electron chi connectivity index (χ4n) is 2.93. The molecule has 1 atom stereocenters. The number of anilines is 1. The molecule has 2 aromatic carbocycles. The van der Waals surface area contributed by atoms with Crippen LogP contribution >= 0.6 is 0 Å². The van der Waals surface area contributed by atoms with Crippen molar-refractivity contribution in [3.63, 3.8) is 0 Å². The van der Waals surface area contributed by atoms with E-state index in [1.165, 1.54) is 17.3 Å². The SMILES string of the molecule is CC1CCc2ccccc2N1Cc1ccc(C#N)cc1F. The summed E-state index contributed by atoms with van der Waals surface area (Å²) in [6.07, 6.45) is 2.15. The summed E-state index contributed by atoms with van der Waals surface area (Å²) in [6, 6.07) is 15.4. The van der Waals surface area contributed by atoms with Gasteiger partial charge < -0.3 is 4.90 Å². The molecule has 1 aliphatic heterocycles. The topological polar surface area (TPSA) is 27.0 Å². The first-order chi connectivity index (χ1) is 10.2. The maximum absolute atomic E-state index is 14.1. The van der Waals surface area contributed by atoms with Gasteiger partial charge in [0.05, 0.1) is 11.6 Å². The minimum atomic E-state index is -0.302. The molecule has 3 rings (SSSR count). The first-order valence-electron chi connectivity index (χ1n) is 7.22. The summed E-state index contributed by atoms with van der Waals surface area (Å²) in [5.74, 6) is -0.302. The molecule has 2 aromatic rings.